The normalized spacial score (nSPS) is 19.3. The molecule has 2 N–H and O–H groups in total. The highest BCUT2D eigenvalue weighted by atomic mass is 15.2. The van der Waals surface area contributed by atoms with Crippen molar-refractivity contribution >= 4 is 0 Å². The minimum absolute atomic E-state index is 0.511. The molecule has 2 heterocycles. The lowest BCUT2D eigenvalue weighted by Gasteiger charge is -2.29. The number of nitrogens with one attached hydrogen (secondary N) is 2. The van der Waals surface area contributed by atoms with Gasteiger partial charge < -0.3 is 10.3 Å². The maximum Gasteiger partial charge on any atom is 0.0925 e. The molecule has 17 heavy (non-hydrogen) atoms. The molecule has 1 aliphatic rings. The third kappa shape index (κ3) is 3.17. The Kier molecular flexibility index (Phi) is 4.34. The largest absolute Gasteiger partial charge is 0.347 e. The highest BCUT2D eigenvalue weighted by Gasteiger charge is 2.21. The van der Waals surface area contributed by atoms with Crippen molar-refractivity contribution in [2.75, 3.05) is 19.6 Å². The zero-order chi connectivity index (χ0) is 12.1. The van der Waals surface area contributed by atoms with Crippen molar-refractivity contribution in [2.24, 2.45) is 0 Å². The van der Waals surface area contributed by atoms with Gasteiger partial charge in [-0.3, -0.25) is 4.90 Å². The van der Waals surface area contributed by atoms with Crippen LogP contribution >= 0.6 is 0 Å². The lowest BCUT2D eigenvalue weighted by atomic mass is 10.0. The van der Waals surface area contributed by atoms with Crippen LogP contribution in [-0.2, 0) is 13.0 Å². The standard InChI is InChI=1S/C13H22N4/c1-3-5-17(6-4-2)9-11-7-12-13(8-14-11)16-10-15-12/h3,10-11,14H,1,4-9H2,2H3,(H,15,16). The van der Waals surface area contributed by atoms with E-state index in [0.29, 0.717) is 6.04 Å². The Labute approximate surface area is 103 Å². The molecule has 94 valence electrons. The van der Waals surface area contributed by atoms with Crippen molar-refractivity contribution in [2.45, 2.75) is 32.4 Å². The van der Waals surface area contributed by atoms with Gasteiger partial charge in [0.2, 0.25) is 0 Å². The number of aromatic nitrogens is 2. The molecule has 0 aromatic carbocycles. The second-order valence-corrected chi connectivity index (χ2v) is 4.66. The molecule has 0 aliphatic carbocycles. The van der Waals surface area contributed by atoms with Gasteiger partial charge in [-0.25, -0.2) is 4.98 Å². The Morgan fingerprint density at radius 1 is 1.65 bits per heavy atom. The Bertz CT molecular complexity index is 358. The molecule has 0 saturated heterocycles. The lowest BCUT2D eigenvalue weighted by Crippen LogP contribution is -2.45. The monoisotopic (exact) mass is 234 g/mol. The Balaban J connectivity index is 1.89. The van der Waals surface area contributed by atoms with Gasteiger partial charge in [0.25, 0.3) is 0 Å². The summed E-state index contributed by atoms with van der Waals surface area (Å²) in [7, 11) is 0. The topological polar surface area (TPSA) is 44.0 Å². The number of fused-ring (bicyclic) bond motifs is 1. The van der Waals surface area contributed by atoms with E-state index in [1.54, 1.807) is 6.33 Å². The fourth-order valence-corrected chi connectivity index (χ4v) is 2.43. The molecule has 0 radical (unpaired) electrons. The van der Waals surface area contributed by atoms with Crippen LogP contribution in [0.1, 0.15) is 24.7 Å². The number of imidazole rings is 1. The quantitative estimate of drug-likeness (QED) is 0.730. The predicted octanol–water partition coefficient (Wildman–Crippen LogP) is 1.32. The van der Waals surface area contributed by atoms with Gasteiger partial charge >= 0.3 is 0 Å². The molecular weight excluding hydrogens is 212 g/mol. The molecule has 4 nitrogen and oxygen atoms in total. The number of nitrogens with zero attached hydrogens (tertiary/aromatic N) is 2. The van der Waals surface area contributed by atoms with Crippen LogP contribution in [0.3, 0.4) is 0 Å². The molecule has 1 aliphatic heterocycles. The Morgan fingerprint density at radius 3 is 3.29 bits per heavy atom. The number of aromatic amines is 1. The van der Waals surface area contributed by atoms with Gasteiger partial charge in [-0.1, -0.05) is 13.0 Å². The SMILES string of the molecule is C=CCN(CCC)CC1Cc2nc[nH]c2CN1. The van der Waals surface area contributed by atoms with Gasteiger partial charge in [0.1, 0.15) is 0 Å². The fraction of sp³-hybridized carbons (Fsp3) is 0.615. The summed E-state index contributed by atoms with van der Waals surface area (Å²) in [6, 6.07) is 0.511. The van der Waals surface area contributed by atoms with Crippen molar-refractivity contribution in [1.29, 1.82) is 0 Å². The van der Waals surface area contributed by atoms with Gasteiger partial charge in [0.05, 0.1) is 17.7 Å². The summed E-state index contributed by atoms with van der Waals surface area (Å²) >= 11 is 0. The summed E-state index contributed by atoms with van der Waals surface area (Å²) in [5, 5.41) is 3.56. The molecule has 1 unspecified atom stereocenters. The number of H-pyrrole nitrogens is 1. The zero-order valence-corrected chi connectivity index (χ0v) is 10.6. The summed E-state index contributed by atoms with van der Waals surface area (Å²) in [6.45, 7) is 10.1. The van der Waals surface area contributed by atoms with Crippen LogP contribution in [0.25, 0.3) is 0 Å². The third-order valence-electron chi connectivity index (χ3n) is 3.22. The molecule has 0 saturated carbocycles. The van der Waals surface area contributed by atoms with E-state index in [-0.39, 0.29) is 0 Å². The third-order valence-corrected chi connectivity index (χ3v) is 3.22. The van der Waals surface area contributed by atoms with Crippen LogP contribution in [0, 0.1) is 0 Å². The first-order valence-electron chi connectivity index (χ1n) is 6.41. The Hall–Kier alpha value is -1.13. The minimum Gasteiger partial charge on any atom is -0.347 e. The molecular formula is C13H22N4. The van der Waals surface area contributed by atoms with E-state index in [4.69, 9.17) is 0 Å². The number of hydrogen-bond donors (Lipinski definition) is 2. The van der Waals surface area contributed by atoms with E-state index in [1.807, 2.05) is 6.08 Å². The molecule has 4 heteroatoms. The van der Waals surface area contributed by atoms with E-state index in [2.05, 4.69) is 33.7 Å². The summed E-state index contributed by atoms with van der Waals surface area (Å²) in [6.07, 6.45) is 5.99. The van der Waals surface area contributed by atoms with E-state index < -0.39 is 0 Å². The Morgan fingerprint density at radius 2 is 2.53 bits per heavy atom. The molecule has 1 aromatic rings. The second-order valence-electron chi connectivity index (χ2n) is 4.66. The van der Waals surface area contributed by atoms with Gasteiger partial charge in [-0.2, -0.15) is 0 Å². The predicted molar refractivity (Wildman–Crippen MR) is 69.8 cm³/mol. The summed E-state index contributed by atoms with van der Waals surface area (Å²) < 4.78 is 0. The van der Waals surface area contributed by atoms with Crippen LogP contribution in [0.15, 0.2) is 19.0 Å². The van der Waals surface area contributed by atoms with Crippen LogP contribution in [0.2, 0.25) is 0 Å². The molecule has 0 bridgehead atoms. The number of hydrogen-bond acceptors (Lipinski definition) is 3. The molecule has 1 aromatic heterocycles. The average molecular weight is 234 g/mol. The first-order valence-corrected chi connectivity index (χ1v) is 6.41. The highest BCUT2D eigenvalue weighted by molar-refractivity contribution is 5.16. The molecule has 1 atom stereocenters. The molecule has 0 fully saturated rings. The van der Waals surface area contributed by atoms with Crippen molar-refractivity contribution in [1.82, 2.24) is 20.2 Å². The van der Waals surface area contributed by atoms with E-state index in [1.165, 1.54) is 17.8 Å². The van der Waals surface area contributed by atoms with Crippen molar-refractivity contribution in [3.63, 3.8) is 0 Å². The molecule has 2 rings (SSSR count). The van der Waals surface area contributed by atoms with Crippen molar-refractivity contribution in [3.05, 3.63) is 30.4 Å². The fourth-order valence-electron chi connectivity index (χ4n) is 2.43. The van der Waals surface area contributed by atoms with Gasteiger partial charge in [-0.15, -0.1) is 6.58 Å². The second kappa shape index (κ2) is 5.98. The smallest absolute Gasteiger partial charge is 0.0925 e. The molecule has 0 amide bonds. The van der Waals surface area contributed by atoms with Gasteiger partial charge in [0.15, 0.2) is 0 Å². The van der Waals surface area contributed by atoms with Gasteiger partial charge in [-0.05, 0) is 13.0 Å². The van der Waals surface area contributed by atoms with Crippen LogP contribution in [0.5, 0.6) is 0 Å². The van der Waals surface area contributed by atoms with Gasteiger partial charge in [0, 0.05) is 32.1 Å². The number of rotatable bonds is 6. The highest BCUT2D eigenvalue weighted by Crippen LogP contribution is 2.13. The summed E-state index contributed by atoms with van der Waals surface area (Å²) in [5.74, 6) is 0. The first kappa shape index (κ1) is 12.3. The molecule has 0 spiro atoms. The van der Waals surface area contributed by atoms with Crippen molar-refractivity contribution < 1.29 is 0 Å². The van der Waals surface area contributed by atoms with Crippen molar-refractivity contribution in [3.8, 4) is 0 Å². The average Bonchev–Trinajstić information content (AvgIpc) is 2.77. The van der Waals surface area contributed by atoms with Crippen LogP contribution in [0.4, 0.5) is 0 Å². The minimum atomic E-state index is 0.511. The summed E-state index contributed by atoms with van der Waals surface area (Å²) in [5.41, 5.74) is 2.47. The van der Waals surface area contributed by atoms with E-state index in [0.717, 1.165) is 32.6 Å². The first-order chi connectivity index (χ1) is 8.33. The zero-order valence-electron chi connectivity index (χ0n) is 10.6. The maximum absolute atomic E-state index is 4.37. The lowest BCUT2D eigenvalue weighted by molar-refractivity contribution is 0.256. The van der Waals surface area contributed by atoms with Crippen LogP contribution < -0.4 is 5.32 Å². The summed E-state index contributed by atoms with van der Waals surface area (Å²) in [4.78, 5) is 10.00. The maximum atomic E-state index is 4.37. The van der Waals surface area contributed by atoms with E-state index in [9.17, 15) is 0 Å². The van der Waals surface area contributed by atoms with Crippen LogP contribution in [-0.4, -0.2) is 40.5 Å². The van der Waals surface area contributed by atoms with E-state index >= 15 is 0 Å².